The van der Waals surface area contributed by atoms with Gasteiger partial charge >= 0.3 is 12.1 Å². The Morgan fingerprint density at radius 1 is 1.27 bits per heavy atom. The predicted octanol–water partition coefficient (Wildman–Crippen LogP) is 4.58. The van der Waals surface area contributed by atoms with Crippen molar-refractivity contribution in [3.63, 3.8) is 0 Å². The van der Waals surface area contributed by atoms with Crippen LogP contribution in [0.4, 0.5) is 18.0 Å². The first kappa shape index (κ1) is 31.8. The number of carbonyl (C=O) groups is 1. The lowest BCUT2D eigenvalue weighted by molar-refractivity contribution is 0.118. The number of hydrogen-bond acceptors (Lipinski definition) is 8. The zero-order chi connectivity index (χ0) is 30.6. The van der Waals surface area contributed by atoms with E-state index in [1.165, 1.54) is 19.1 Å². The largest absolute Gasteiger partial charge is 0.416 e. The van der Waals surface area contributed by atoms with Crippen LogP contribution in [0.5, 0.6) is 0 Å². The van der Waals surface area contributed by atoms with Crippen molar-refractivity contribution in [2.24, 2.45) is 4.99 Å². The van der Waals surface area contributed by atoms with E-state index >= 15 is 4.39 Å². The zero-order valence-corrected chi connectivity index (χ0v) is 25.0. The summed E-state index contributed by atoms with van der Waals surface area (Å²) >= 11 is 0. The Morgan fingerprint density at radius 2 is 1.98 bits per heavy atom. The second-order valence-electron chi connectivity index (χ2n) is 10.7. The Hall–Kier alpha value is -3.74. The molecule has 1 aromatic carbocycles. The van der Waals surface area contributed by atoms with Crippen LogP contribution < -0.4 is 5.32 Å². The number of halogens is 3. The van der Waals surface area contributed by atoms with Gasteiger partial charge in [0.1, 0.15) is 47.1 Å². The van der Waals surface area contributed by atoms with Gasteiger partial charge in [-0.05, 0) is 36.7 Å². The van der Waals surface area contributed by atoms with E-state index in [0.717, 1.165) is 37.5 Å². The van der Waals surface area contributed by atoms with E-state index in [0.29, 0.717) is 10.9 Å². The van der Waals surface area contributed by atoms with E-state index < -0.39 is 64.7 Å². The summed E-state index contributed by atoms with van der Waals surface area (Å²) in [6, 6.07) is 6.02. The number of hydrogen-bond donors (Lipinski definition) is 1. The maximum Gasteiger partial charge on any atom is 0.416 e. The minimum atomic E-state index is -4.13. The molecule has 3 rings (SSSR count). The lowest BCUT2D eigenvalue weighted by Crippen LogP contribution is -2.49. The van der Waals surface area contributed by atoms with Gasteiger partial charge in [-0.1, -0.05) is 25.7 Å². The molecule has 0 fully saturated rings. The van der Waals surface area contributed by atoms with E-state index in [9.17, 15) is 22.0 Å². The molecular weight excluding hydrogens is 579 g/mol. The van der Waals surface area contributed by atoms with Crippen LogP contribution in [0, 0.1) is 23.0 Å². The summed E-state index contributed by atoms with van der Waals surface area (Å²) in [7, 11) is -4.32. The van der Waals surface area contributed by atoms with Crippen LogP contribution >= 0.6 is 0 Å². The molecule has 2 heterocycles. The highest BCUT2D eigenvalue weighted by Gasteiger charge is 2.44. The topological polar surface area (TPSA) is 134 Å². The summed E-state index contributed by atoms with van der Waals surface area (Å²) in [5.41, 5.74) is -2.65. The molecule has 0 radical (unpaired) electrons. The molecule has 0 saturated heterocycles. The molecule has 0 aliphatic carbocycles. The van der Waals surface area contributed by atoms with Gasteiger partial charge in [-0.2, -0.15) is 5.26 Å². The molecule has 1 unspecified atom stereocenters. The van der Waals surface area contributed by atoms with Crippen LogP contribution in [-0.2, 0) is 25.0 Å². The van der Waals surface area contributed by atoms with Gasteiger partial charge in [0.2, 0.25) is 10.0 Å². The van der Waals surface area contributed by atoms with Crippen molar-refractivity contribution in [2.45, 2.75) is 38.1 Å². The zero-order valence-electron chi connectivity index (χ0n) is 23.2. The van der Waals surface area contributed by atoms with Crippen molar-refractivity contribution < 1.29 is 35.9 Å². The average molecular weight is 610 g/mol. The normalized spacial score (nSPS) is 18.9. The van der Waals surface area contributed by atoms with Crippen LogP contribution in [-0.4, -0.2) is 64.0 Å². The minimum Gasteiger partial charge on any atom is -0.375 e. The maximum atomic E-state index is 15.0. The van der Waals surface area contributed by atoms with Gasteiger partial charge in [-0.25, -0.2) is 35.7 Å². The van der Waals surface area contributed by atoms with Gasteiger partial charge in [0.25, 0.3) is 0 Å². The summed E-state index contributed by atoms with van der Waals surface area (Å²) in [4.78, 5) is 20.3. The highest BCUT2D eigenvalue weighted by Crippen LogP contribution is 2.35. The van der Waals surface area contributed by atoms with Gasteiger partial charge in [-0.15, -0.1) is 0 Å². The molecule has 1 aromatic heterocycles. The fourth-order valence-corrected chi connectivity index (χ4v) is 5.90. The number of ether oxygens (including phenoxy) is 2. The molecule has 0 saturated carbocycles. The Kier molecular flexibility index (Phi) is 9.62. The third-order valence-electron chi connectivity index (χ3n) is 6.07. The van der Waals surface area contributed by atoms with Crippen LogP contribution in [0.3, 0.4) is 0 Å². The molecule has 1 N–H and O–H groups in total. The highest BCUT2D eigenvalue weighted by molar-refractivity contribution is 7.89. The number of aromatic nitrogens is 1. The van der Waals surface area contributed by atoms with Crippen LogP contribution in [0.2, 0.25) is 25.7 Å². The first-order chi connectivity index (χ1) is 19.0. The number of benzene rings is 1. The van der Waals surface area contributed by atoms with Crippen molar-refractivity contribution in [1.82, 2.24) is 14.6 Å². The number of rotatable bonds is 8. The van der Waals surface area contributed by atoms with Crippen LogP contribution in [0.25, 0.3) is 11.9 Å². The SMILES string of the molecule is CN1C(OC(=O)NCOCC[Si](C)(C)C)=NC(C)(c2cc(C=C(F)c3cc(F)c(C#N)cn3)ccc2F)CS1(=O)=O. The molecule has 2 aromatic rings. The van der Waals surface area contributed by atoms with E-state index in [1.54, 1.807) is 6.07 Å². The number of nitrogens with zero attached hydrogens (tertiary/aromatic N) is 4. The van der Waals surface area contributed by atoms with E-state index in [4.69, 9.17) is 14.7 Å². The third kappa shape index (κ3) is 8.15. The van der Waals surface area contributed by atoms with Crippen LogP contribution in [0.15, 0.2) is 35.5 Å². The number of nitriles is 1. The van der Waals surface area contributed by atoms with Gasteiger partial charge in [0, 0.05) is 39.6 Å². The van der Waals surface area contributed by atoms with E-state index in [1.807, 2.05) is 0 Å². The Balaban J connectivity index is 1.87. The van der Waals surface area contributed by atoms with Crippen LogP contribution in [0.1, 0.15) is 29.3 Å². The molecule has 41 heavy (non-hydrogen) atoms. The van der Waals surface area contributed by atoms with Crippen molar-refractivity contribution in [3.05, 3.63) is 64.5 Å². The van der Waals surface area contributed by atoms with Gasteiger partial charge in [0.15, 0.2) is 0 Å². The van der Waals surface area contributed by atoms with Crippen molar-refractivity contribution >= 4 is 42.1 Å². The van der Waals surface area contributed by atoms with Crippen molar-refractivity contribution in [1.29, 1.82) is 5.26 Å². The number of aliphatic imine (C=N–C) groups is 1. The van der Waals surface area contributed by atoms with E-state index in [2.05, 4.69) is 34.9 Å². The number of carbonyl (C=O) groups excluding carboxylic acids is 1. The fourth-order valence-electron chi connectivity index (χ4n) is 3.70. The molecule has 1 aliphatic rings. The summed E-state index contributed by atoms with van der Waals surface area (Å²) in [5, 5.41) is 11.2. The third-order valence-corrected chi connectivity index (χ3v) is 9.70. The molecule has 0 bridgehead atoms. The number of amides is 1. The van der Waals surface area contributed by atoms with Gasteiger partial charge in [-0.3, -0.25) is 10.3 Å². The average Bonchev–Trinajstić information content (AvgIpc) is 2.87. The first-order valence-corrected chi connectivity index (χ1v) is 17.7. The van der Waals surface area contributed by atoms with Crippen molar-refractivity contribution in [2.75, 3.05) is 26.1 Å². The predicted molar refractivity (Wildman–Crippen MR) is 149 cm³/mol. The number of pyridine rings is 1. The number of alkyl carbamates (subject to hydrolysis) is 1. The minimum absolute atomic E-state index is 0.0916. The fraction of sp³-hybridized carbons (Fsp3) is 0.385. The van der Waals surface area contributed by atoms with Crippen molar-refractivity contribution in [3.8, 4) is 6.07 Å². The highest BCUT2D eigenvalue weighted by atomic mass is 32.2. The molecule has 0 spiro atoms. The molecule has 220 valence electrons. The van der Waals surface area contributed by atoms with Gasteiger partial charge < -0.3 is 9.47 Å². The lowest BCUT2D eigenvalue weighted by Gasteiger charge is -2.35. The molecule has 1 atom stereocenters. The number of amidine groups is 1. The number of sulfonamides is 1. The standard InChI is InChI=1S/C26H30F3N5O5SSi/c1-26(15-40(36,37)34(2)24(33-26)39-25(35)32-16-38-8-9-41(3,4)5)19-10-17(6-7-20(19)27)11-22(29)23-12-21(28)18(13-30)14-31-23/h6-7,10-12,14H,8-9,15-16H2,1-5H3,(H,32,35). The Labute approximate surface area is 237 Å². The summed E-state index contributed by atoms with van der Waals surface area (Å²) in [6.45, 7) is 8.11. The number of nitrogens with one attached hydrogen (secondary N) is 1. The summed E-state index contributed by atoms with van der Waals surface area (Å²) < 4.78 is 80.9. The quantitative estimate of drug-likeness (QED) is 0.263. The smallest absolute Gasteiger partial charge is 0.375 e. The summed E-state index contributed by atoms with van der Waals surface area (Å²) in [5.74, 6) is -3.47. The monoisotopic (exact) mass is 609 g/mol. The molecule has 1 aliphatic heterocycles. The Morgan fingerprint density at radius 3 is 2.61 bits per heavy atom. The molecule has 10 nitrogen and oxygen atoms in total. The van der Waals surface area contributed by atoms with Gasteiger partial charge in [0.05, 0.1) is 5.75 Å². The molecule has 1 amide bonds. The molecular formula is C26H30F3N5O5SSi. The Bertz CT molecular complexity index is 1540. The second kappa shape index (κ2) is 12.4. The first-order valence-electron chi connectivity index (χ1n) is 12.4. The maximum absolute atomic E-state index is 15.0. The lowest BCUT2D eigenvalue weighted by atomic mass is 9.92. The summed E-state index contributed by atoms with van der Waals surface area (Å²) in [6.07, 6.45) is 0.801. The second-order valence-corrected chi connectivity index (χ2v) is 18.3. The molecule has 15 heteroatoms. The van der Waals surface area contributed by atoms with E-state index in [-0.39, 0.29) is 23.4 Å².